The largest absolute Gasteiger partial charge is 0.480 e. The third-order valence-electron chi connectivity index (χ3n) is 1.88. The predicted octanol–water partition coefficient (Wildman–Crippen LogP) is 0.984. The van der Waals surface area contributed by atoms with E-state index in [1.807, 2.05) is 0 Å². The van der Waals surface area contributed by atoms with Gasteiger partial charge in [-0.3, -0.25) is 14.9 Å². The first-order valence-corrected chi connectivity index (χ1v) is 4.49. The van der Waals surface area contributed by atoms with E-state index in [9.17, 15) is 14.9 Å². The molecule has 0 aliphatic rings. The van der Waals surface area contributed by atoms with Crippen molar-refractivity contribution in [3.63, 3.8) is 0 Å². The number of rotatable bonds is 5. The smallest absolute Gasteiger partial charge is 0.322 e. The van der Waals surface area contributed by atoms with E-state index < -0.39 is 16.9 Å². The Hall–Kier alpha value is -2.15. The van der Waals surface area contributed by atoms with Gasteiger partial charge in [0, 0.05) is 17.8 Å². The number of carboxylic acids is 1. The first-order chi connectivity index (χ1) is 7.50. The maximum atomic E-state index is 10.5. The van der Waals surface area contributed by atoms with Crippen LogP contribution in [0.2, 0.25) is 0 Å². The van der Waals surface area contributed by atoms with Crippen molar-refractivity contribution in [2.24, 2.45) is 0 Å². The number of anilines is 1. The molecule has 0 radical (unpaired) electrons. The number of benzene rings is 1. The van der Waals surface area contributed by atoms with E-state index in [0.717, 1.165) is 0 Å². The molecule has 86 valence electrons. The van der Waals surface area contributed by atoms with Gasteiger partial charge in [0.2, 0.25) is 0 Å². The van der Waals surface area contributed by atoms with Gasteiger partial charge < -0.3 is 10.5 Å². The Morgan fingerprint density at radius 1 is 1.44 bits per heavy atom. The van der Waals surface area contributed by atoms with E-state index >= 15 is 0 Å². The molecule has 0 heterocycles. The molecule has 0 saturated carbocycles. The normalized spacial score (nSPS) is 11.8. The molecule has 3 N–H and O–H groups in total. The molecule has 1 rings (SSSR count). The summed E-state index contributed by atoms with van der Waals surface area (Å²) in [7, 11) is 0. The molecule has 0 bridgehead atoms. The summed E-state index contributed by atoms with van der Waals surface area (Å²) in [6.45, 7) is 1.47. The second kappa shape index (κ2) is 5.08. The van der Waals surface area contributed by atoms with Crippen molar-refractivity contribution < 1.29 is 14.8 Å². The summed E-state index contributed by atoms with van der Waals surface area (Å²) in [5, 5.41) is 18.9. The summed E-state index contributed by atoms with van der Waals surface area (Å²) in [6, 6.07) is 4.87. The fourth-order valence-corrected chi connectivity index (χ4v) is 0.920. The number of nitro benzene ring substituents is 1. The SMILES string of the molecule is CC(NNc1ccc([N+](=O)[O-])cc1)C(=O)O. The Bertz CT molecular complexity index is 390. The van der Waals surface area contributed by atoms with Gasteiger partial charge >= 0.3 is 5.97 Å². The lowest BCUT2D eigenvalue weighted by Gasteiger charge is -2.11. The fourth-order valence-electron chi connectivity index (χ4n) is 0.920. The zero-order valence-corrected chi connectivity index (χ0v) is 8.51. The zero-order chi connectivity index (χ0) is 12.1. The van der Waals surface area contributed by atoms with Crippen molar-refractivity contribution in [1.29, 1.82) is 0 Å². The van der Waals surface area contributed by atoms with Gasteiger partial charge in [0.15, 0.2) is 0 Å². The number of carboxylic acid groups (broad SMARTS) is 1. The average molecular weight is 225 g/mol. The Kier molecular flexibility index (Phi) is 3.78. The van der Waals surface area contributed by atoms with Crippen LogP contribution in [0.3, 0.4) is 0 Å². The zero-order valence-electron chi connectivity index (χ0n) is 8.51. The lowest BCUT2D eigenvalue weighted by molar-refractivity contribution is -0.384. The number of hydrogen-bond donors (Lipinski definition) is 3. The van der Waals surface area contributed by atoms with Crippen LogP contribution in [0.1, 0.15) is 6.92 Å². The second-order valence-corrected chi connectivity index (χ2v) is 3.13. The highest BCUT2D eigenvalue weighted by molar-refractivity contribution is 5.73. The number of hydrazine groups is 1. The first kappa shape index (κ1) is 11.9. The van der Waals surface area contributed by atoms with E-state index in [1.165, 1.54) is 31.2 Å². The predicted molar refractivity (Wildman–Crippen MR) is 57.0 cm³/mol. The molecule has 0 amide bonds. The molecule has 0 saturated heterocycles. The second-order valence-electron chi connectivity index (χ2n) is 3.13. The van der Waals surface area contributed by atoms with Crippen LogP contribution in [-0.2, 0) is 4.79 Å². The monoisotopic (exact) mass is 225 g/mol. The van der Waals surface area contributed by atoms with E-state index in [2.05, 4.69) is 10.9 Å². The highest BCUT2D eigenvalue weighted by Gasteiger charge is 2.09. The number of nitrogens with one attached hydrogen (secondary N) is 2. The summed E-state index contributed by atoms with van der Waals surface area (Å²) < 4.78 is 0. The number of carbonyl (C=O) groups is 1. The lowest BCUT2D eigenvalue weighted by atomic mass is 10.3. The summed E-state index contributed by atoms with van der Waals surface area (Å²) in [5.74, 6) is -0.991. The van der Waals surface area contributed by atoms with Gasteiger partial charge in [-0.25, -0.2) is 5.43 Å². The maximum absolute atomic E-state index is 10.5. The maximum Gasteiger partial charge on any atom is 0.322 e. The summed E-state index contributed by atoms with van der Waals surface area (Å²) >= 11 is 0. The fraction of sp³-hybridized carbons (Fsp3) is 0.222. The van der Waals surface area contributed by atoms with Crippen LogP contribution in [0.15, 0.2) is 24.3 Å². The number of nitro groups is 1. The van der Waals surface area contributed by atoms with Gasteiger partial charge in [-0.2, -0.15) is 0 Å². The number of aliphatic carboxylic acids is 1. The molecule has 1 aromatic rings. The Morgan fingerprint density at radius 2 is 2.00 bits per heavy atom. The molecular weight excluding hydrogens is 214 g/mol. The van der Waals surface area contributed by atoms with Gasteiger partial charge in [-0.1, -0.05) is 0 Å². The molecule has 1 atom stereocenters. The van der Waals surface area contributed by atoms with Gasteiger partial charge in [-0.15, -0.1) is 0 Å². The van der Waals surface area contributed by atoms with Crippen molar-refractivity contribution in [2.75, 3.05) is 5.43 Å². The minimum atomic E-state index is -0.991. The molecule has 0 fully saturated rings. The van der Waals surface area contributed by atoms with Gasteiger partial charge in [0.1, 0.15) is 6.04 Å². The van der Waals surface area contributed by atoms with Crippen molar-refractivity contribution in [3.8, 4) is 0 Å². The summed E-state index contributed by atoms with van der Waals surface area (Å²) in [4.78, 5) is 20.3. The molecule has 1 aromatic carbocycles. The van der Waals surface area contributed by atoms with Crippen molar-refractivity contribution in [1.82, 2.24) is 5.43 Å². The standard InChI is InChI=1S/C9H11N3O4/c1-6(9(13)14)10-11-7-2-4-8(5-3-7)12(15)16/h2-6,10-11H,1H3,(H,13,14). The average Bonchev–Trinajstić information content (AvgIpc) is 2.26. The molecule has 7 nitrogen and oxygen atoms in total. The van der Waals surface area contributed by atoms with Crippen molar-refractivity contribution >= 4 is 17.3 Å². The lowest BCUT2D eigenvalue weighted by Crippen LogP contribution is -2.37. The Morgan fingerprint density at radius 3 is 2.44 bits per heavy atom. The van der Waals surface area contributed by atoms with Crippen molar-refractivity contribution in [3.05, 3.63) is 34.4 Å². The highest BCUT2D eigenvalue weighted by atomic mass is 16.6. The van der Waals surface area contributed by atoms with Crippen LogP contribution >= 0.6 is 0 Å². The molecule has 0 spiro atoms. The van der Waals surface area contributed by atoms with Gasteiger partial charge in [-0.05, 0) is 19.1 Å². The van der Waals surface area contributed by atoms with E-state index in [1.54, 1.807) is 0 Å². The van der Waals surface area contributed by atoms with Crippen LogP contribution in [0.5, 0.6) is 0 Å². The topological polar surface area (TPSA) is 105 Å². The highest BCUT2D eigenvalue weighted by Crippen LogP contribution is 2.14. The number of non-ortho nitro benzene ring substituents is 1. The minimum absolute atomic E-state index is 0.0168. The van der Waals surface area contributed by atoms with Crippen LogP contribution in [0.25, 0.3) is 0 Å². The van der Waals surface area contributed by atoms with E-state index in [-0.39, 0.29) is 5.69 Å². The molecule has 7 heteroatoms. The molecular formula is C9H11N3O4. The van der Waals surface area contributed by atoms with Crippen LogP contribution < -0.4 is 10.9 Å². The number of nitrogens with zero attached hydrogens (tertiary/aromatic N) is 1. The molecule has 0 aliphatic carbocycles. The minimum Gasteiger partial charge on any atom is -0.480 e. The van der Waals surface area contributed by atoms with Crippen LogP contribution in [0, 0.1) is 10.1 Å². The Balaban J connectivity index is 2.56. The molecule has 1 unspecified atom stereocenters. The summed E-state index contributed by atoms with van der Waals surface area (Å²) in [6.07, 6.45) is 0. The first-order valence-electron chi connectivity index (χ1n) is 4.49. The van der Waals surface area contributed by atoms with E-state index in [0.29, 0.717) is 5.69 Å². The Labute approximate surface area is 91.2 Å². The van der Waals surface area contributed by atoms with Gasteiger partial charge in [0.05, 0.1) is 4.92 Å². The third-order valence-corrected chi connectivity index (χ3v) is 1.88. The van der Waals surface area contributed by atoms with E-state index in [4.69, 9.17) is 5.11 Å². The molecule has 0 aliphatic heterocycles. The van der Waals surface area contributed by atoms with Crippen LogP contribution in [-0.4, -0.2) is 22.0 Å². The van der Waals surface area contributed by atoms with Crippen molar-refractivity contribution in [2.45, 2.75) is 13.0 Å². The quantitative estimate of drug-likeness (QED) is 0.509. The molecule has 16 heavy (non-hydrogen) atoms. The third kappa shape index (κ3) is 3.21. The number of hydrogen-bond acceptors (Lipinski definition) is 5. The molecule has 0 aromatic heterocycles. The summed E-state index contributed by atoms with van der Waals surface area (Å²) in [5.41, 5.74) is 5.70. The van der Waals surface area contributed by atoms with Crippen LogP contribution in [0.4, 0.5) is 11.4 Å². The van der Waals surface area contributed by atoms with Gasteiger partial charge in [0.25, 0.3) is 5.69 Å².